The van der Waals surface area contributed by atoms with Crippen LogP contribution in [0.15, 0.2) is 30.3 Å². The molecule has 0 bridgehead atoms. The van der Waals surface area contributed by atoms with Gasteiger partial charge in [0.25, 0.3) is 0 Å². The summed E-state index contributed by atoms with van der Waals surface area (Å²) in [5.41, 5.74) is 2.96. The topological polar surface area (TPSA) is 57.5 Å². The minimum absolute atomic E-state index is 0.0665. The fourth-order valence-electron chi connectivity index (χ4n) is 1.90. The van der Waals surface area contributed by atoms with E-state index in [1.165, 1.54) is 11.6 Å². The van der Waals surface area contributed by atoms with Crippen LogP contribution in [0.3, 0.4) is 0 Å². The summed E-state index contributed by atoms with van der Waals surface area (Å²) < 4.78 is 0. The molecule has 0 aliphatic heterocycles. The zero-order chi connectivity index (χ0) is 14.5. The lowest BCUT2D eigenvalue weighted by atomic mass is 9.86. The second-order valence-electron chi connectivity index (χ2n) is 5.66. The first-order valence-corrected chi connectivity index (χ1v) is 6.50. The summed E-state index contributed by atoms with van der Waals surface area (Å²) in [6.07, 6.45) is 2.36. The lowest BCUT2D eigenvalue weighted by molar-refractivity contribution is -0.131. The molecular weight excluding hydrogens is 240 g/mol. The highest BCUT2D eigenvalue weighted by Crippen LogP contribution is 2.26. The number of aliphatic carboxylic acids is 1. The molecule has 0 saturated heterocycles. The van der Waals surface area contributed by atoms with Gasteiger partial charge >= 0.3 is 5.97 Å². The summed E-state index contributed by atoms with van der Waals surface area (Å²) in [6.45, 7) is 6.49. The van der Waals surface area contributed by atoms with Gasteiger partial charge in [-0.3, -0.25) is 0 Å². The van der Waals surface area contributed by atoms with E-state index in [9.17, 15) is 4.79 Å². The monoisotopic (exact) mass is 262 g/mol. The smallest absolute Gasteiger partial charge is 0.328 e. The zero-order valence-electron chi connectivity index (χ0n) is 11.8. The van der Waals surface area contributed by atoms with Crippen LogP contribution >= 0.6 is 0 Å². The van der Waals surface area contributed by atoms with Crippen LogP contribution in [0.2, 0.25) is 0 Å². The summed E-state index contributed by atoms with van der Waals surface area (Å²) in [6, 6.07) is 7.97. The number of aliphatic hydroxyl groups excluding tert-OH is 1. The summed E-state index contributed by atoms with van der Waals surface area (Å²) in [5.74, 6) is -0.951. The Morgan fingerprint density at radius 1 is 1.21 bits per heavy atom. The molecular formula is C16H22O3. The van der Waals surface area contributed by atoms with Crippen molar-refractivity contribution < 1.29 is 15.0 Å². The van der Waals surface area contributed by atoms with Gasteiger partial charge in [0, 0.05) is 12.7 Å². The van der Waals surface area contributed by atoms with Gasteiger partial charge in [0.2, 0.25) is 0 Å². The van der Waals surface area contributed by atoms with Gasteiger partial charge in [-0.05, 0) is 35.0 Å². The number of hydrogen-bond acceptors (Lipinski definition) is 2. The minimum Gasteiger partial charge on any atom is -0.478 e. The van der Waals surface area contributed by atoms with Crippen molar-refractivity contribution in [1.29, 1.82) is 0 Å². The molecule has 0 spiro atoms. The van der Waals surface area contributed by atoms with Crippen LogP contribution in [-0.2, 0) is 10.2 Å². The number of benzene rings is 1. The van der Waals surface area contributed by atoms with Crippen molar-refractivity contribution in [2.45, 2.75) is 39.0 Å². The van der Waals surface area contributed by atoms with E-state index >= 15 is 0 Å². The molecule has 0 aliphatic carbocycles. The number of carboxylic acid groups (broad SMARTS) is 1. The molecule has 0 fully saturated rings. The van der Waals surface area contributed by atoms with Gasteiger partial charge in [0.1, 0.15) is 0 Å². The van der Waals surface area contributed by atoms with Crippen LogP contribution in [0.5, 0.6) is 0 Å². The van der Waals surface area contributed by atoms with Crippen molar-refractivity contribution in [3.05, 3.63) is 41.5 Å². The van der Waals surface area contributed by atoms with Crippen molar-refractivity contribution in [1.82, 2.24) is 0 Å². The second-order valence-corrected chi connectivity index (χ2v) is 5.66. The largest absolute Gasteiger partial charge is 0.478 e. The molecule has 0 atom stereocenters. The Hall–Kier alpha value is -1.61. The highest BCUT2D eigenvalue weighted by molar-refractivity contribution is 5.90. The van der Waals surface area contributed by atoms with E-state index in [2.05, 4.69) is 20.8 Å². The van der Waals surface area contributed by atoms with E-state index in [0.29, 0.717) is 12.8 Å². The summed E-state index contributed by atoms with van der Waals surface area (Å²) in [7, 11) is 0. The molecule has 1 aromatic carbocycles. The summed E-state index contributed by atoms with van der Waals surface area (Å²) >= 11 is 0. The Labute approximate surface area is 114 Å². The van der Waals surface area contributed by atoms with Crippen molar-refractivity contribution in [2.24, 2.45) is 0 Å². The molecule has 0 heterocycles. The van der Waals surface area contributed by atoms with Crippen LogP contribution in [0.25, 0.3) is 5.57 Å². The first kappa shape index (κ1) is 15.4. The number of aliphatic hydroxyl groups is 1. The van der Waals surface area contributed by atoms with Crippen LogP contribution in [0.4, 0.5) is 0 Å². The Balaban J connectivity index is 3.01. The van der Waals surface area contributed by atoms with Crippen molar-refractivity contribution in [2.75, 3.05) is 6.61 Å². The number of allylic oxidation sites excluding steroid dienone is 1. The highest BCUT2D eigenvalue weighted by atomic mass is 16.4. The zero-order valence-corrected chi connectivity index (χ0v) is 11.8. The van der Waals surface area contributed by atoms with Crippen molar-refractivity contribution in [3.63, 3.8) is 0 Å². The van der Waals surface area contributed by atoms with Gasteiger partial charge in [0.05, 0.1) is 0 Å². The Morgan fingerprint density at radius 3 is 2.21 bits per heavy atom. The number of carbonyl (C=O) groups is 1. The van der Waals surface area contributed by atoms with Crippen LogP contribution in [-0.4, -0.2) is 22.8 Å². The fourth-order valence-corrected chi connectivity index (χ4v) is 1.90. The standard InChI is InChI=1S/C16H22O3/c1-16(2,3)14-8-6-12(7-9-14)13(5-4-10-17)11-15(18)19/h6-9,11,17H,4-5,10H2,1-3H3,(H,18,19)/b13-11-. The third-order valence-corrected chi connectivity index (χ3v) is 3.02. The van der Waals surface area contributed by atoms with Gasteiger partial charge in [-0.1, -0.05) is 45.0 Å². The maximum atomic E-state index is 10.8. The van der Waals surface area contributed by atoms with Crippen molar-refractivity contribution >= 4 is 11.5 Å². The molecule has 0 saturated carbocycles. The molecule has 19 heavy (non-hydrogen) atoms. The SMILES string of the molecule is CC(C)(C)c1ccc(/C(=C\C(=O)O)CCCO)cc1. The molecule has 0 unspecified atom stereocenters. The maximum Gasteiger partial charge on any atom is 0.328 e. The van der Waals surface area contributed by atoms with Crippen molar-refractivity contribution in [3.8, 4) is 0 Å². The van der Waals surface area contributed by atoms with E-state index in [0.717, 1.165) is 11.1 Å². The van der Waals surface area contributed by atoms with Crippen LogP contribution in [0, 0.1) is 0 Å². The highest BCUT2D eigenvalue weighted by Gasteiger charge is 2.13. The average molecular weight is 262 g/mol. The van der Waals surface area contributed by atoms with Gasteiger partial charge in [0.15, 0.2) is 0 Å². The number of hydrogen-bond donors (Lipinski definition) is 2. The van der Waals surface area contributed by atoms with Gasteiger partial charge in [-0.2, -0.15) is 0 Å². The number of carboxylic acids is 1. The number of rotatable bonds is 5. The Bertz CT molecular complexity index is 450. The molecule has 1 aromatic rings. The molecule has 0 aliphatic rings. The quantitative estimate of drug-likeness (QED) is 0.801. The van der Waals surface area contributed by atoms with E-state index in [4.69, 9.17) is 10.2 Å². The Morgan fingerprint density at radius 2 is 1.79 bits per heavy atom. The average Bonchev–Trinajstić information content (AvgIpc) is 2.33. The molecule has 3 nitrogen and oxygen atoms in total. The van der Waals surface area contributed by atoms with Crippen LogP contribution in [0.1, 0.15) is 44.7 Å². The third-order valence-electron chi connectivity index (χ3n) is 3.02. The molecule has 3 heteroatoms. The van der Waals surface area contributed by atoms with E-state index in [1.807, 2.05) is 24.3 Å². The van der Waals surface area contributed by atoms with Crippen LogP contribution < -0.4 is 0 Å². The maximum absolute atomic E-state index is 10.8. The van der Waals surface area contributed by atoms with Gasteiger partial charge in [-0.25, -0.2) is 4.79 Å². The normalized spacial score (nSPS) is 12.5. The molecule has 0 radical (unpaired) electrons. The van der Waals surface area contributed by atoms with Gasteiger partial charge in [-0.15, -0.1) is 0 Å². The summed E-state index contributed by atoms with van der Waals surface area (Å²) in [5, 5.41) is 17.8. The van der Waals surface area contributed by atoms with E-state index in [1.54, 1.807) is 0 Å². The first-order chi connectivity index (χ1) is 8.84. The molecule has 0 aromatic heterocycles. The summed E-state index contributed by atoms with van der Waals surface area (Å²) in [4.78, 5) is 10.8. The second kappa shape index (κ2) is 6.53. The lowest BCUT2D eigenvalue weighted by Crippen LogP contribution is -2.10. The first-order valence-electron chi connectivity index (χ1n) is 6.50. The minimum atomic E-state index is -0.951. The van der Waals surface area contributed by atoms with E-state index in [-0.39, 0.29) is 12.0 Å². The molecule has 1 rings (SSSR count). The predicted molar refractivity (Wildman–Crippen MR) is 77.1 cm³/mol. The predicted octanol–water partition coefficient (Wildman–Crippen LogP) is 3.22. The molecule has 0 amide bonds. The van der Waals surface area contributed by atoms with Gasteiger partial charge < -0.3 is 10.2 Å². The fraction of sp³-hybridized carbons (Fsp3) is 0.438. The lowest BCUT2D eigenvalue weighted by Gasteiger charge is -2.19. The molecule has 2 N–H and O–H groups in total. The Kier molecular flexibility index (Phi) is 5.31. The molecule has 104 valence electrons. The van der Waals surface area contributed by atoms with E-state index < -0.39 is 5.97 Å². The third kappa shape index (κ3) is 4.87.